The lowest BCUT2D eigenvalue weighted by molar-refractivity contribution is 0.0722. The SMILES string of the molecule is CO[C@H](c1ccc(CN2C=C(C)NN2)cc1)[C@@H](CF)N=[N+]=[N-]. The predicted molar refractivity (Wildman–Crippen MR) is 80.7 cm³/mol. The van der Waals surface area contributed by atoms with Crippen molar-refractivity contribution in [2.45, 2.75) is 25.6 Å². The Balaban J connectivity index is 2.08. The fourth-order valence-electron chi connectivity index (χ4n) is 2.31. The Kier molecular flexibility index (Phi) is 5.60. The van der Waals surface area contributed by atoms with Crippen molar-refractivity contribution in [1.29, 1.82) is 0 Å². The summed E-state index contributed by atoms with van der Waals surface area (Å²) in [7, 11) is 1.47. The fraction of sp³-hybridized carbons (Fsp3) is 0.429. The molecule has 0 fully saturated rings. The van der Waals surface area contributed by atoms with Crippen LogP contribution in [-0.4, -0.2) is 24.8 Å². The second-order valence-electron chi connectivity index (χ2n) is 5.00. The summed E-state index contributed by atoms with van der Waals surface area (Å²) in [6, 6.07) is 6.74. The maximum atomic E-state index is 13.0. The Bertz CT molecular complexity index is 569. The molecule has 118 valence electrons. The van der Waals surface area contributed by atoms with Crippen LogP contribution in [0.15, 0.2) is 41.3 Å². The summed E-state index contributed by atoms with van der Waals surface area (Å²) in [6.45, 7) is 1.88. The van der Waals surface area contributed by atoms with E-state index in [1.807, 2.05) is 42.4 Å². The quantitative estimate of drug-likeness (QED) is 0.461. The molecule has 8 heteroatoms. The number of alkyl halides is 1. The monoisotopic (exact) mass is 306 g/mol. The van der Waals surface area contributed by atoms with Crippen LogP contribution < -0.4 is 11.0 Å². The first-order chi connectivity index (χ1) is 10.7. The number of hydrogen-bond donors (Lipinski definition) is 2. The number of hydrazine groups is 2. The Hall–Kier alpha value is -2.28. The molecule has 2 N–H and O–H groups in total. The van der Waals surface area contributed by atoms with E-state index in [2.05, 4.69) is 21.0 Å². The predicted octanol–water partition coefficient (Wildman–Crippen LogP) is 2.71. The van der Waals surface area contributed by atoms with Crippen molar-refractivity contribution >= 4 is 0 Å². The summed E-state index contributed by atoms with van der Waals surface area (Å²) < 4.78 is 18.3. The summed E-state index contributed by atoms with van der Waals surface area (Å²) in [5.41, 5.74) is 17.4. The number of halogens is 1. The van der Waals surface area contributed by atoms with Crippen LogP contribution in [0.5, 0.6) is 0 Å². The largest absolute Gasteiger partial charge is 0.376 e. The molecule has 0 aliphatic carbocycles. The topological polar surface area (TPSA) is 85.3 Å². The molecule has 0 aromatic heterocycles. The van der Waals surface area contributed by atoms with E-state index in [1.165, 1.54) is 7.11 Å². The van der Waals surface area contributed by atoms with Gasteiger partial charge < -0.3 is 10.2 Å². The molecule has 0 saturated heterocycles. The molecule has 2 rings (SSSR count). The number of nitrogens with zero attached hydrogens (tertiary/aromatic N) is 4. The van der Waals surface area contributed by atoms with Crippen molar-refractivity contribution in [3.05, 3.63) is 57.7 Å². The van der Waals surface area contributed by atoms with E-state index < -0.39 is 18.8 Å². The van der Waals surface area contributed by atoms with E-state index in [0.717, 1.165) is 16.8 Å². The van der Waals surface area contributed by atoms with Crippen LogP contribution in [0.25, 0.3) is 10.4 Å². The molecule has 0 radical (unpaired) electrons. The van der Waals surface area contributed by atoms with Gasteiger partial charge in [0.15, 0.2) is 0 Å². The zero-order valence-electron chi connectivity index (χ0n) is 12.5. The summed E-state index contributed by atoms with van der Waals surface area (Å²) in [4.78, 5) is 2.67. The van der Waals surface area contributed by atoms with Gasteiger partial charge in [0.25, 0.3) is 0 Å². The van der Waals surface area contributed by atoms with E-state index in [-0.39, 0.29) is 0 Å². The minimum atomic E-state index is -0.865. The number of allylic oxidation sites excluding steroid dienone is 1. The lowest BCUT2D eigenvalue weighted by Crippen LogP contribution is -2.35. The van der Waals surface area contributed by atoms with Crippen LogP contribution >= 0.6 is 0 Å². The van der Waals surface area contributed by atoms with E-state index in [1.54, 1.807) is 0 Å². The van der Waals surface area contributed by atoms with E-state index >= 15 is 0 Å². The smallest absolute Gasteiger partial charge is 0.101 e. The summed E-state index contributed by atoms with van der Waals surface area (Å²) in [6.07, 6.45) is 1.37. The molecule has 0 saturated carbocycles. The zero-order valence-corrected chi connectivity index (χ0v) is 12.5. The molecule has 0 spiro atoms. The molecule has 1 heterocycles. The van der Waals surface area contributed by atoms with Gasteiger partial charge in [0.1, 0.15) is 6.67 Å². The highest BCUT2D eigenvalue weighted by molar-refractivity contribution is 5.25. The summed E-state index contributed by atoms with van der Waals surface area (Å²) in [5.74, 6) is 0. The van der Waals surface area contributed by atoms with Gasteiger partial charge in [0.05, 0.1) is 18.7 Å². The normalized spacial score (nSPS) is 16.5. The summed E-state index contributed by atoms with van der Waals surface area (Å²) >= 11 is 0. The highest BCUT2D eigenvalue weighted by Crippen LogP contribution is 2.24. The molecule has 1 aliphatic heterocycles. The molecule has 2 atom stereocenters. The Labute approximate surface area is 128 Å². The van der Waals surface area contributed by atoms with Gasteiger partial charge in [-0.2, -0.15) is 0 Å². The number of ether oxygens (including phenoxy) is 1. The van der Waals surface area contributed by atoms with E-state index in [0.29, 0.717) is 6.54 Å². The number of benzene rings is 1. The van der Waals surface area contributed by atoms with Gasteiger partial charge in [-0.1, -0.05) is 29.4 Å². The molecule has 1 aliphatic rings. The van der Waals surface area contributed by atoms with Crippen LogP contribution in [0.1, 0.15) is 24.2 Å². The lowest BCUT2D eigenvalue weighted by atomic mass is 10.0. The number of azide groups is 1. The van der Waals surface area contributed by atoms with Crippen molar-refractivity contribution in [1.82, 2.24) is 16.0 Å². The van der Waals surface area contributed by atoms with Crippen LogP contribution in [-0.2, 0) is 11.3 Å². The summed E-state index contributed by atoms with van der Waals surface area (Å²) in [5, 5.41) is 5.37. The van der Waals surface area contributed by atoms with Gasteiger partial charge in [-0.05, 0) is 23.6 Å². The van der Waals surface area contributed by atoms with Gasteiger partial charge in [-0.3, -0.25) is 9.40 Å². The number of methoxy groups -OCH3 is 1. The van der Waals surface area contributed by atoms with Gasteiger partial charge in [-0.25, -0.2) is 0 Å². The van der Waals surface area contributed by atoms with Crippen LogP contribution in [0.2, 0.25) is 0 Å². The molecule has 0 unspecified atom stereocenters. The molecule has 1 aromatic rings. The van der Waals surface area contributed by atoms with Crippen LogP contribution in [0.4, 0.5) is 4.39 Å². The third-order valence-corrected chi connectivity index (χ3v) is 3.37. The molecule has 7 nitrogen and oxygen atoms in total. The van der Waals surface area contributed by atoms with Gasteiger partial charge in [-0.15, -0.1) is 5.53 Å². The average Bonchev–Trinajstić information content (AvgIpc) is 2.93. The average molecular weight is 306 g/mol. The Morgan fingerprint density at radius 2 is 2.14 bits per heavy atom. The fourth-order valence-corrected chi connectivity index (χ4v) is 2.31. The van der Waals surface area contributed by atoms with Crippen molar-refractivity contribution in [3.8, 4) is 0 Å². The Morgan fingerprint density at radius 1 is 1.41 bits per heavy atom. The maximum absolute atomic E-state index is 13.0. The van der Waals surface area contributed by atoms with E-state index in [9.17, 15) is 4.39 Å². The van der Waals surface area contributed by atoms with Crippen molar-refractivity contribution in [2.75, 3.05) is 13.8 Å². The lowest BCUT2D eigenvalue weighted by Gasteiger charge is -2.21. The van der Waals surface area contributed by atoms with Crippen molar-refractivity contribution in [3.63, 3.8) is 0 Å². The minimum absolute atomic E-state index is 0.594. The highest BCUT2D eigenvalue weighted by Gasteiger charge is 2.22. The number of nitrogens with one attached hydrogen (secondary N) is 2. The van der Waals surface area contributed by atoms with Crippen molar-refractivity contribution in [2.24, 2.45) is 5.11 Å². The highest BCUT2D eigenvalue weighted by atomic mass is 19.1. The van der Waals surface area contributed by atoms with Crippen molar-refractivity contribution < 1.29 is 9.13 Å². The molecule has 22 heavy (non-hydrogen) atoms. The standard InChI is InChI=1S/C14H19FN6O/c1-10-8-21(20-17-10)9-11-3-5-12(6-4-11)14(22-2)13(7-15)18-19-16/h3-6,8,13-14,17,20H,7,9H2,1-2H3/t13-,14-/m1/s1. The van der Waals surface area contributed by atoms with Gasteiger partial charge >= 0.3 is 0 Å². The molecule has 0 amide bonds. The first-order valence-corrected chi connectivity index (χ1v) is 6.86. The molecule has 0 bridgehead atoms. The number of rotatable bonds is 7. The Morgan fingerprint density at radius 3 is 2.64 bits per heavy atom. The second-order valence-corrected chi connectivity index (χ2v) is 5.00. The van der Waals surface area contributed by atoms with Crippen LogP contribution in [0, 0.1) is 0 Å². The second kappa shape index (κ2) is 7.65. The van der Waals surface area contributed by atoms with Crippen LogP contribution in [0.3, 0.4) is 0 Å². The molecular formula is C14H19FN6O. The first kappa shape index (κ1) is 16.1. The first-order valence-electron chi connectivity index (χ1n) is 6.86. The number of hydrogen-bond acceptors (Lipinski definition) is 5. The van der Waals surface area contributed by atoms with Gasteiger partial charge in [0, 0.05) is 23.9 Å². The van der Waals surface area contributed by atoms with E-state index in [4.69, 9.17) is 10.3 Å². The third kappa shape index (κ3) is 3.88. The molecular weight excluding hydrogens is 287 g/mol. The third-order valence-electron chi connectivity index (χ3n) is 3.37. The molecule has 1 aromatic carbocycles. The zero-order chi connectivity index (χ0) is 15.9. The minimum Gasteiger partial charge on any atom is -0.376 e. The maximum Gasteiger partial charge on any atom is 0.101 e. The van der Waals surface area contributed by atoms with Gasteiger partial charge in [0.2, 0.25) is 0 Å².